The monoisotopic (exact) mass is 558 g/mol. The summed E-state index contributed by atoms with van der Waals surface area (Å²) >= 11 is 2.65. The van der Waals surface area contributed by atoms with Crippen LogP contribution >= 0.6 is 23.1 Å². The van der Waals surface area contributed by atoms with E-state index >= 15 is 0 Å². The van der Waals surface area contributed by atoms with Crippen LogP contribution in [0.2, 0.25) is 0 Å². The van der Waals surface area contributed by atoms with Crippen molar-refractivity contribution in [3.05, 3.63) is 89.6 Å². The number of alkyl halides is 3. The van der Waals surface area contributed by atoms with Crippen molar-refractivity contribution in [1.82, 2.24) is 4.98 Å². The number of aromatic nitrogens is 1. The predicted molar refractivity (Wildman–Crippen MR) is 145 cm³/mol. The number of amides is 1. The molecule has 4 rings (SSSR count). The highest BCUT2D eigenvalue weighted by molar-refractivity contribution is 8.00. The van der Waals surface area contributed by atoms with Gasteiger partial charge in [0.1, 0.15) is 10.7 Å². The largest absolute Gasteiger partial charge is 0.416 e. The number of thioether (sulfide) groups is 1. The molecule has 1 aromatic heterocycles. The van der Waals surface area contributed by atoms with Crippen molar-refractivity contribution in [2.24, 2.45) is 0 Å². The Bertz CT molecular complexity index is 1410. The van der Waals surface area contributed by atoms with Gasteiger partial charge in [-0.25, -0.2) is 4.98 Å². The van der Waals surface area contributed by atoms with Crippen LogP contribution in [0.1, 0.15) is 35.5 Å². The predicted octanol–water partition coefficient (Wildman–Crippen LogP) is 7.24. The second-order valence-corrected chi connectivity index (χ2v) is 11.9. The van der Waals surface area contributed by atoms with E-state index in [2.05, 4.69) is 10.3 Å². The Balaban J connectivity index is 1.65. The van der Waals surface area contributed by atoms with Crippen molar-refractivity contribution in [3.8, 4) is 21.0 Å². The number of aliphatic hydroxyl groups is 2. The summed E-state index contributed by atoms with van der Waals surface area (Å²) < 4.78 is 37.9. The SMILES string of the molecule is Cc1ccc(-c2sc(-c3ccc(SC(C)(C)C(O)O)cc3)nc2C(=O)Nc2ccc(C(F)(F)F)cc2)cc1. The minimum Gasteiger partial charge on any atom is -0.367 e. The summed E-state index contributed by atoms with van der Waals surface area (Å²) in [5.41, 5.74) is 2.20. The average molecular weight is 559 g/mol. The molecule has 1 amide bonds. The first kappa shape index (κ1) is 27.8. The van der Waals surface area contributed by atoms with Crippen molar-refractivity contribution in [1.29, 1.82) is 0 Å². The average Bonchev–Trinajstić information content (AvgIpc) is 3.30. The molecule has 38 heavy (non-hydrogen) atoms. The first-order valence-corrected chi connectivity index (χ1v) is 13.2. The van der Waals surface area contributed by atoms with Crippen molar-refractivity contribution < 1.29 is 28.2 Å². The van der Waals surface area contributed by atoms with E-state index in [1.807, 2.05) is 55.5 Å². The van der Waals surface area contributed by atoms with Crippen LogP contribution in [0.25, 0.3) is 21.0 Å². The summed E-state index contributed by atoms with van der Waals surface area (Å²) in [6.07, 6.45) is -5.96. The van der Waals surface area contributed by atoms with Gasteiger partial charge in [-0.3, -0.25) is 4.79 Å². The maximum atomic E-state index is 13.2. The first-order chi connectivity index (χ1) is 17.8. The normalized spacial score (nSPS) is 12.1. The molecular weight excluding hydrogens is 533 g/mol. The van der Waals surface area contributed by atoms with Crippen LogP contribution < -0.4 is 5.32 Å². The Hall–Kier alpha value is -3.18. The Labute approximate surface area is 226 Å². The molecule has 5 nitrogen and oxygen atoms in total. The molecule has 1 heterocycles. The number of nitrogens with one attached hydrogen (secondary N) is 1. The summed E-state index contributed by atoms with van der Waals surface area (Å²) in [6, 6.07) is 19.3. The second kappa shape index (κ2) is 10.9. The molecule has 0 bridgehead atoms. The van der Waals surface area contributed by atoms with Gasteiger partial charge in [0, 0.05) is 16.1 Å². The third-order valence-corrected chi connectivity index (χ3v) is 8.13. The van der Waals surface area contributed by atoms with E-state index in [1.54, 1.807) is 13.8 Å². The molecule has 0 aliphatic rings. The first-order valence-electron chi connectivity index (χ1n) is 11.6. The van der Waals surface area contributed by atoms with E-state index in [0.29, 0.717) is 9.88 Å². The van der Waals surface area contributed by atoms with Crippen LogP contribution in [0, 0.1) is 6.92 Å². The van der Waals surface area contributed by atoms with Gasteiger partial charge in [0.25, 0.3) is 5.91 Å². The molecule has 0 saturated heterocycles. The minimum absolute atomic E-state index is 0.164. The van der Waals surface area contributed by atoms with Crippen molar-refractivity contribution in [2.45, 2.75) is 42.9 Å². The van der Waals surface area contributed by atoms with Gasteiger partial charge in [-0.05, 0) is 62.7 Å². The zero-order valence-electron chi connectivity index (χ0n) is 20.7. The van der Waals surface area contributed by atoms with Gasteiger partial charge in [-0.15, -0.1) is 23.1 Å². The topological polar surface area (TPSA) is 82.5 Å². The van der Waals surface area contributed by atoms with Gasteiger partial charge >= 0.3 is 6.18 Å². The molecule has 4 aromatic rings. The Morgan fingerprint density at radius 3 is 2.05 bits per heavy atom. The number of hydrogen-bond acceptors (Lipinski definition) is 6. The molecule has 0 atom stereocenters. The molecule has 0 unspecified atom stereocenters. The minimum atomic E-state index is -4.47. The van der Waals surface area contributed by atoms with Gasteiger partial charge < -0.3 is 15.5 Å². The fraction of sp³-hybridized carbons (Fsp3) is 0.214. The van der Waals surface area contributed by atoms with Crippen LogP contribution in [-0.2, 0) is 6.18 Å². The van der Waals surface area contributed by atoms with Crippen molar-refractivity contribution in [2.75, 3.05) is 5.32 Å². The van der Waals surface area contributed by atoms with Gasteiger partial charge in [0.2, 0.25) is 0 Å². The van der Waals surface area contributed by atoms with Crippen LogP contribution in [0.15, 0.2) is 77.7 Å². The summed E-state index contributed by atoms with van der Waals surface area (Å²) in [4.78, 5) is 19.3. The van der Waals surface area contributed by atoms with E-state index in [0.717, 1.165) is 33.7 Å². The van der Waals surface area contributed by atoms with E-state index in [-0.39, 0.29) is 11.4 Å². The lowest BCUT2D eigenvalue weighted by Gasteiger charge is -2.25. The summed E-state index contributed by atoms with van der Waals surface area (Å²) in [7, 11) is 0. The molecule has 0 fully saturated rings. The summed E-state index contributed by atoms with van der Waals surface area (Å²) in [5, 5.41) is 22.4. The molecule has 198 valence electrons. The number of rotatable bonds is 7. The molecule has 0 aliphatic heterocycles. The van der Waals surface area contributed by atoms with Crippen LogP contribution in [0.5, 0.6) is 0 Å². The number of halogens is 3. The van der Waals surface area contributed by atoms with Gasteiger partial charge in [0.15, 0.2) is 6.29 Å². The Morgan fingerprint density at radius 1 is 0.921 bits per heavy atom. The third kappa shape index (κ3) is 6.44. The lowest BCUT2D eigenvalue weighted by molar-refractivity contribution is -0.137. The second-order valence-electron chi connectivity index (χ2n) is 9.20. The molecule has 0 aliphatic carbocycles. The molecule has 3 N–H and O–H groups in total. The number of thiazole rings is 1. The number of aryl methyl sites for hydroxylation is 1. The van der Waals surface area contributed by atoms with E-state index < -0.39 is 28.7 Å². The third-order valence-electron chi connectivity index (χ3n) is 5.73. The van der Waals surface area contributed by atoms with E-state index in [9.17, 15) is 28.2 Å². The Morgan fingerprint density at radius 2 is 1.50 bits per heavy atom. The van der Waals surface area contributed by atoms with Crippen LogP contribution in [0.4, 0.5) is 18.9 Å². The van der Waals surface area contributed by atoms with Gasteiger partial charge in [0.05, 0.1) is 15.2 Å². The molecule has 0 spiro atoms. The number of nitrogens with zero attached hydrogens (tertiary/aromatic N) is 1. The number of aliphatic hydroxyl groups excluding tert-OH is 1. The highest BCUT2D eigenvalue weighted by atomic mass is 32.2. The fourth-order valence-electron chi connectivity index (χ4n) is 3.45. The summed E-state index contributed by atoms with van der Waals surface area (Å²) in [5.74, 6) is -0.534. The maximum absolute atomic E-state index is 13.2. The molecule has 3 aromatic carbocycles. The lowest BCUT2D eigenvalue weighted by atomic mass is 10.1. The number of anilines is 1. The van der Waals surface area contributed by atoms with Gasteiger partial charge in [-0.2, -0.15) is 13.2 Å². The zero-order valence-corrected chi connectivity index (χ0v) is 22.3. The van der Waals surface area contributed by atoms with E-state index in [1.165, 1.54) is 35.2 Å². The highest BCUT2D eigenvalue weighted by Crippen LogP contribution is 2.39. The number of benzene rings is 3. The fourth-order valence-corrected chi connectivity index (χ4v) is 5.51. The number of carbonyl (C=O) groups is 1. The number of carbonyl (C=O) groups excluding carboxylic acids is 1. The standard InChI is InChI=1S/C28H25F3N2O3S2/c1-16-4-6-17(7-5-16)23-22(24(34)32-20-12-10-19(11-13-20)28(29,30)31)33-25(37-23)18-8-14-21(15-9-18)38-27(2,3)26(35)36/h4-15,26,35-36H,1-3H3,(H,32,34). The lowest BCUT2D eigenvalue weighted by Crippen LogP contribution is -2.32. The van der Waals surface area contributed by atoms with Crippen molar-refractivity contribution >= 4 is 34.7 Å². The smallest absolute Gasteiger partial charge is 0.367 e. The van der Waals surface area contributed by atoms with Crippen molar-refractivity contribution in [3.63, 3.8) is 0 Å². The van der Waals surface area contributed by atoms with Crippen LogP contribution in [0.3, 0.4) is 0 Å². The molecule has 0 saturated carbocycles. The Kier molecular flexibility index (Phi) is 7.98. The van der Waals surface area contributed by atoms with Crippen LogP contribution in [-0.4, -0.2) is 32.1 Å². The summed E-state index contributed by atoms with van der Waals surface area (Å²) in [6.45, 7) is 5.41. The quantitative estimate of drug-likeness (QED) is 0.165. The molecule has 0 radical (unpaired) electrons. The molecular formula is C28H25F3N2O3S2. The highest BCUT2D eigenvalue weighted by Gasteiger charge is 2.30. The molecule has 10 heteroatoms. The van der Waals surface area contributed by atoms with E-state index in [4.69, 9.17) is 0 Å². The van der Waals surface area contributed by atoms with Gasteiger partial charge in [-0.1, -0.05) is 42.0 Å². The number of hydrogen-bond donors (Lipinski definition) is 3. The maximum Gasteiger partial charge on any atom is 0.416 e. The zero-order chi connectivity index (χ0) is 27.7.